The second kappa shape index (κ2) is 34.5. The minimum absolute atomic E-state index is 0.0122. The lowest BCUT2D eigenvalue weighted by Gasteiger charge is -2.48. The Hall–Kier alpha value is -9.01. The zero-order chi connectivity index (χ0) is 79.6. The standard InChI is InChI=1S/C81H89Cl3N6O21/c1-37(2)22-56(86-5)79(105)90-69-60(96)27-46(30-66(85)97)77(103)89-55-18-17-50-42-12-19-57(93)51(24-42)68-47(23-49(92)31-59(68)95)35-87-78(104)52(32-58(50)94)70(98)43-13-20-61(53(83)25-43)107-63-28-45(55)29-64(108-62-21-14-44(71(69)99)26-54(62)84)74(63)111-80-75(73(101)72(100)65(36-91)109-80)110-67-33-81(4,76(102)38(3)106-67)88-34-39-6-8-40(9-7-39)41-10-15-48(82)16-11-41/h6-16,19-21,23-26,28-29,31,37-38,46,50,52,55-56,65,67,69-73,75-76,80,86,88,91-93,95,98-102H,17-18,22,27,30,32-36H2,1-5H3,(H2,85,97)(H,87,104)(H,89,103)(H,90,105)/t38-,46-,50-,52-,55-,56+,65?,67-,69-,70+,71+,72?,73-,75+,76+,80?,81?/m0/s1. The van der Waals surface area contributed by atoms with E-state index in [1.165, 1.54) is 72.8 Å². The van der Waals surface area contributed by atoms with E-state index in [0.717, 1.165) is 22.8 Å². The fourth-order valence-electron chi connectivity index (χ4n) is 15.1. The van der Waals surface area contributed by atoms with Gasteiger partial charge in [-0.25, -0.2) is 0 Å². The molecular weight excluding hydrogens is 1500 g/mol. The van der Waals surface area contributed by atoms with Gasteiger partial charge in [0.25, 0.3) is 0 Å². The molecule has 0 spiro atoms. The highest BCUT2D eigenvalue weighted by molar-refractivity contribution is 6.32. The lowest BCUT2D eigenvalue weighted by atomic mass is 9.80. The largest absolute Gasteiger partial charge is 0.508 e. The van der Waals surface area contributed by atoms with Crippen molar-refractivity contribution in [3.63, 3.8) is 0 Å². The fourth-order valence-corrected chi connectivity index (χ4v) is 15.7. The molecule has 7 aliphatic rings. The summed E-state index contributed by atoms with van der Waals surface area (Å²) in [6.45, 7) is 6.10. The minimum atomic E-state index is -1.96. The third-order valence-electron chi connectivity index (χ3n) is 21.2. The first-order chi connectivity index (χ1) is 52.9. The molecule has 0 aromatic heterocycles. The smallest absolute Gasteiger partial charge is 0.237 e. The number of phenolic OH excluding ortho intramolecular Hbond substituents is 3. The molecule has 17 atom stereocenters. The number of fused-ring (bicyclic) bond motifs is 15. The van der Waals surface area contributed by atoms with E-state index in [-0.39, 0.29) is 116 Å². The molecule has 4 amide bonds. The molecule has 7 aliphatic heterocycles. The molecule has 590 valence electrons. The number of aromatic hydroxyl groups is 3. The van der Waals surface area contributed by atoms with E-state index in [0.29, 0.717) is 5.02 Å². The number of hydrogen-bond acceptors (Lipinski definition) is 23. The van der Waals surface area contributed by atoms with Crippen LogP contribution in [0.1, 0.15) is 130 Å². The summed E-state index contributed by atoms with van der Waals surface area (Å²) in [6.07, 6.45) is -18.9. The molecule has 30 heteroatoms. The van der Waals surface area contributed by atoms with Crippen LogP contribution >= 0.6 is 34.8 Å². The zero-order valence-corrected chi connectivity index (χ0v) is 63.4. The molecule has 7 aromatic carbocycles. The van der Waals surface area contributed by atoms with Gasteiger partial charge in [-0.2, -0.15) is 0 Å². The van der Waals surface area contributed by atoms with Crippen molar-refractivity contribution in [3.8, 4) is 68.2 Å². The number of phenols is 3. The van der Waals surface area contributed by atoms with Crippen LogP contribution < -0.4 is 46.5 Å². The SMILES string of the molecule is CN[C@H](CC(C)C)C(=O)N[C@H]1C(=O)C[C@@H](CC(N)=O)C(=O)N[C@H]2CC[C@@H]3C(=O)C[C@H](C(=O)NCc4cc(O)cc(O)c4-c4cc3ccc4O)[C@H](O)c3ccc(c(Cl)c3)Oc3cc2cc(c3OC2OC(CO)C(O)[C@H](O)[C@H]2O[C@H]2CC(C)(NCc3ccc(-c4ccc(Cl)cc4)cc3)[C@H](O)[C@H](C)O2)Oc2ccc(cc2Cl)[C@H]1O. The molecule has 0 saturated carbocycles. The molecule has 2 saturated heterocycles. The highest BCUT2D eigenvalue weighted by Crippen LogP contribution is 2.51. The van der Waals surface area contributed by atoms with E-state index in [1.807, 2.05) is 50.2 Å². The molecule has 0 aliphatic carbocycles. The Bertz CT molecular complexity index is 4630. The van der Waals surface area contributed by atoms with Crippen molar-refractivity contribution >= 4 is 70.0 Å². The molecule has 11 bridgehead atoms. The van der Waals surface area contributed by atoms with Crippen LogP contribution in [0.15, 0.2) is 127 Å². The highest BCUT2D eigenvalue weighted by atomic mass is 35.5. The van der Waals surface area contributed by atoms with Crippen molar-refractivity contribution in [1.82, 2.24) is 26.6 Å². The van der Waals surface area contributed by atoms with Crippen molar-refractivity contribution in [2.24, 2.45) is 23.5 Å². The maximum Gasteiger partial charge on any atom is 0.237 e. The van der Waals surface area contributed by atoms with Crippen LogP contribution in [0.4, 0.5) is 0 Å². The molecular formula is C81H89Cl3N6O21. The molecule has 27 nitrogen and oxygen atoms in total. The summed E-state index contributed by atoms with van der Waals surface area (Å²) in [5, 5.41) is 121. The summed E-state index contributed by atoms with van der Waals surface area (Å²) < 4.78 is 40.0. The van der Waals surface area contributed by atoms with Gasteiger partial charge in [0.05, 0.1) is 58.9 Å². The van der Waals surface area contributed by atoms with Crippen LogP contribution in [0.3, 0.4) is 0 Å². The van der Waals surface area contributed by atoms with Crippen molar-refractivity contribution in [2.45, 2.75) is 177 Å². The first kappa shape index (κ1) is 81.5. The Kier molecular flexibility index (Phi) is 25.3. The Balaban J connectivity index is 1.02. The number of halogens is 3. The molecule has 7 heterocycles. The number of likely N-dealkylation sites (N-methyl/N-ethyl adjacent to an activating group) is 1. The van der Waals surface area contributed by atoms with Crippen molar-refractivity contribution in [2.75, 3.05) is 13.7 Å². The molecule has 14 rings (SSSR count). The number of nitrogens with two attached hydrogens (primary N) is 1. The van der Waals surface area contributed by atoms with E-state index in [1.54, 1.807) is 33.0 Å². The van der Waals surface area contributed by atoms with Crippen LogP contribution in [0, 0.1) is 17.8 Å². The van der Waals surface area contributed by atoms with Gasteiger partial charge < -0.3 is 107 Å². The topological polar surface area (TPSA) is 426 Å². The highest BCUT2D eigenvalue weighted by Gasteiger charge is 2.52. The molecule has 7 aromatic rings. The van der Waals surface area contributed by atoms with Crippen LogP contribution in [0.5, 0.6) is 46.0 Å². The van der Waals surface area contributed by atoms with Crippen LogP contribution in [-0.4, -0.2) is 162 Å². The van der Waals surface area contributed by atoms with Gasteiger partial charge in [-0.3, -0.25) is 28.8 Å². The molecule has 0 radical (unpaired) electrons. The van der Waals surface area contributed by atoms with Gasteiger partial charge in [-0.15, -0.1) is 0 Å². The lowest BCUT2D eigenvalue weighted by Crippen LogP contribution is -2.65. The number of ketones is 2. The zero-order valence-electron chi connectivity index (χ0n) is 61.1. The normalized spacial score (nSPS) is 27.4. The number of aliphatic hydroxyl groups excluding tert-OH is 6. The Morgan fingerprint density at radius 1 is 0.712 bits per heavy atom. The van der Waals surface area contributed by atoms with Gasteiger partial charge in [0.1, 0.15) is 65.0 Å². The summed E-state index contributed by atoms with van der Waals surface area (Å²) in [5.41, 5.74) is 7.75. The summed E-state index contributed by atoms with van der Waals surface area (Å²) in [6, 6.07) is 28.2. The van der Waals surface area contributed by atoms with Gasteiger partial charge in [0.15, 0.2) is 29.7 Å². The molecule has 111 heavy (non-hydrogen) atoms. The lowest BCUT2D eigenvalue weighted by molar-refractivity contribution is -0.334. The average molecular weight is 1590 g/mol. The summed E-state index contributed by atoms with van der Waals surface area (Å²) in [4.78, 5) is 88.5. The number of hydrogen-bond donors (Lipinski definition) is 15. The Morgan fingerprint density at radius 2 is 1.35 bits per heavy atom. The second-order valence-corrected chi connectivity index (χ2v) is 30.8. The van der Waals surface area contributed by atoms with Gasteiger partial charge in [0, 0.05) is 72.4 Å². The van der Waals surface area contributed by atoms with Crippen LogP contribution in [-0.2, 0) is 56.1 Å². The van der Waals surface area contributed by atoms with E-state index >= 15 is 14.4 Å². The van der Waals surface area contributed by atoms with Gasteiger partial charge in [0.2, 0.25) is 35.7 Å². The number of rotatable bonds is 16. The van der Waals surface area contributed by atoms with Crippen LogP contribution in [0.2, 0.25) is 15.1 Å². The second-order valence-electron chi connectivity index (χ2n) is 29.6. The number of aliphatic hydroxyl groups is 6. The summed E-state index contributed by atoms with van der Waals surface area (Å²) in [5.74, 6) is -12.6. The number of amides is 4. The minimum Gasteiger partial charge on any atom is -0.508 e. The predicted molar refractivity (Wildman–Crippen MR) is 406 cm³/mol. The van der Waals surface area contributed by atoms with Gasteiger partial charge in [-0.1, -0.05) is 103 Å². The number of benzene rings is 7. The molecule has 2 fully saturated rings. The number of carbonyl (C=O) groups excluding carboxylic acids is 6. The Labute approximate surface area is 654 Å². The molecule has 4 unspecified atom stereocenters. The summed E-state index contributed by atoms with van der Waals surface area (Å²) >= 11 is 20.6. The first-order valence-corrected chi connectivity index (χ1v) is 37.6. The quantitative estimate of drug-likeness (QED) is 0.0431. The number of ether oxygens (including phenoxy) is 6. The number of Topliss-reactive ketones (excluding diaryl/α,β-unsaturated/α-hetero) is 2. The third kappa shape index (κ3) is 18.2. The fraction of sp³-hybridized carbons (Fsp3) is 0.407. The number of primary amides is 1. The average Bonchev–Trinajstić information content (AvgIpc) is 0.763. The molecule has 16 N–H and O–H groups in total. The predicted octanol–water partition coefficient (Wildman–Crippen LogP) is 8.52. The first-order valence-electron chi connectivity index (χ1n) is 36.5. The maximum atomic E-state index is 15.6. The van der Waals surface area contributed by atoms with Crippen molar-refractivity contribution in [3.05, 3.63) is 176 Å². The number of nitrogens with one attached hydrogen (secondary N) is 5. The van der Waals surface area contributed by atoms with Crippen molar-refractivity contribution < 1.29 is 103 Å². The third-order valence-corrected chi connectivity index (χ3v) is 22.1. The van der Waals surface area contributed by atoms with E-state index < -0.39 is 188 Å². The van der Waals surface area contributed by atoms with Crippen LogP contribution in [0.25, 0.3) is 22.3 Å². The van der Waals surface area contributed by atoms with Gasteiger partial charge in [-0.05, 0) is 157 Å². The van der Waals surface area contributed by atoms with E-state index in [4.69, 9.17) is 69.0 Å². The maximum absolute atomic E-state index is 15.6. The number of carbonyl (C=O) groups is 6. The monoisotopic (exact) mass is 1590 g/mol. The Morgan fingerprint density at radius 3 is 1.97 bits per heavy atom. The van der Waals surface area contributed by atoms with Gasteiger partial charge >= 0.3 is 0 Å². The van der Waals surface area contributed by atoms with E-state index in [9.17, 15) is 60.3 Å². The van der Waals surface area contributed by atoms with E-state index in [2.05, 4.69) is 26.6 Å². The van der Waals surface area contributed by atoms with Crippen molar-refractivity contribution in [1.29, 1.82) is 0 Å². The summed E-state index contributed by atoms with van der Waals surface area (Å²) in [7, 11) is 1.54.